The predicted molar refractivity (Wildman–Crippen MR) is 49.4 cm³/mol. The van der Waals surface area contributed by atoms with Crippen molar-refractivity contribution in [2.45, 2.75) is 18.3 Å². The molecule has 2 unspecified atom stereocenters. The van der Waals surface area contributed by atoms with Gasteiger partial charge in [-0.2, -0.15) is 4.89 Å². The number of aliphatic hydroxyl groups excluding tert-OH is 2. The van der Waals surface area contributed by atoms with Gasteiger partial charge in [0, 0.05) is 7.11 Å². The Balaban J connectivity index is 0.000000364. The van der Waals surface area contributed by atoms with E-state index < -0.39 is 20.2 Å². The first-order valence-electron chi connectivity index (χ1n) is 4.06. The summed E-state index contributed by atoms with van der Waals surface area (Å²) in [6.07, 6.45) is -1.43. The third-order valence-electron chi connectivity index (χ3n) is 1.72. The Morgan fingerprint density at radius 1 is 1.64 bits per heavy atom. The van der Waals surface area contributed by atoms with Crippen LogP contribution in [0.15, 0.2) is 0 Å². The minimum absolute atomic E-state index is 0.152. The van der Waals surface area contributed by atoms with Crippen LogP contribution in [0.4, 0.5) is 0 Å². The molecule has 1 aliphatic rings. The van der Waals surface area contributed by atoms with E-state index in [1.54, 1.807) is 0 Å². The average Bonchev–Trinajstić information content (AvgIpc) is 2.45. The number of rotatable bonds is 2. The van der Waals surface area contributed by atoms with E-state index in [9.17, 15) is 5.11 Å². The lowest BCUT2D eigenvalue weighted by atomic mass is 10.2. The van der Waals surface area contributed by atoms with Crippen LogP contribution in [-0.4, -0.2) is 60.4 Å². The summed E-state index contributed by atoms with van der Waals surface area (Å²) in [5.41, 5.74) is 0. The van der Waals surface area contributed by atoms with Gasteiger partial charge in [-0.05, 0) is 4.57 Å². The zero-order valence-electron chi connectivity index (χ0n) is 8.16. The normalized spacial score (nSPS) is 32.1. The van der Waals surface area contributed by atoms with Gasteiger partial charge in [-0.3, -0.25) is 0 Å². The third kappa shape index (κ3) is 4.95. The van der Waals surface area contributed by atoms with E-state index in [0.717, 1.165) is 0 Å². The van der Waals surface area contributed by atoms with Crippen LogP contribution in [0.3, 0.4) is 0 Å². The minimum atomic E-state index is -1.87. The Kier molecular flexibility index (Phi) is 7.17. The molecule has 0 spiro atoms. The number of hydrogen-bond donors (Lipinski definition) is 3. The van der Waals surface area contributed by atoms with E-state index in [-0.39, 0.29) is 12.7 Å². The molecule has 1 rings (SSSR count). The van der Waals surface area contributed by atoms with Gasteiger partial charge in [-0.25, -0.2) is 0 Å². The first-order valence-corrected chi connectivity index (χ1v) is 5.72. The fraction of sp³-hybridized carbons (Fsp3) is 1.00. The van der Waals surface area contributed by atoms with E-state index in [1.165, 1.54) is 13.8 Å². The molecule has 84 valence electrons. The van der Waals surface area contributed by atoms with Gasteiger partial charge in [-0.15, -0.1) is 0 Å². The van der Waals surface area contributed by atoms with Crippen LogP contribution >= 0.6 is 8.03 Å². The molecule has 6 nitrogen and oxygen atoms in total. The maximum absolute atomic E-state index is 9.24. The zero-order valence-corrected chi connectivity index (χ0v) is 9.05. The van der Waals surface area contributed by atoms with E-state index in [4.69, 9.17) is 24.0 Å². The SMILES string of the molecule is COC1CO[C@H](CO)[C@@H]1O.C[P+](=O)O. The van der Waals surface area contributed by atoms with Crippen molar-refractivity contribution in [1.82, 2.24) is 0 Å². The molecule has 0 amide bonds. The molecule has 0 aliphatic carbocycles. The van der Waals surface area contributed by atoms with Gasteiger partial charge < -0.3 is 19.7 Å². The largest absolute Gasteiger partial charge is 0.502 e. The molecule has 1 heterocycles. The summed E-state index contributed by atoms with van der Waals surface area (Å²) >= 11 is 0. The summed E-state index contributed by atoms with van der Waals surface area (Å²) in [6, 6.07) is 0. The quantitative estimate of drug-likeness (QED) is 0.529. The van der Waals surface area contributed by atoms with Gasteiger partial charge >= 0.3 is 8.03 Å². The van der Waals surface area contributed by atoms with Crippen LogP contribution in [0, 0.1) is 0 Å². The molecule has 0 saturated carbocycles. The van der Waals surface area contributed by atoms with E-state index in [2.05, 4.69) is 0 Å². The second-order valence-corrected chi connectivity index (χ2v) is 3.71. The van der Waals surface area contributed by atoms with Crippen LogP contribution in [0.25, 0.3) is 0 Å². The summed E-state index contributed by atoms with van der Waals surface area (Å²) < 4.78 is 19.0. The zero-order chi connectivity index (χ0) is 11.1. The molecule has 1 saturated heterocycles. The number of aliphatic hydroxyl groups is 2. The Morgan fingerprint density at radius 2 is 2.14 bits per heavy atom. The molecule has 0 aromatic carbocycles. The molecule has 3 N–H and O–H groups in total. The second kappa shape index (κ2) is 7.23. The second-order valence-electron chi connectivity index (χ2n) is 2.78. The Morgan fingerprint density at radius 3 is 2.36 bits per heavy atom. The highest BCUT2D eigenvalue weighted by atomic mass is 31.1. The molecular weight excluding hydrogens is 211 g/mol. The van der Waals surface area contributed by atoms with E-state index in [0.29, 0.717) is 6.61 Å². The first-order chi connectivity index (χ1) is 6.52. The molecule has 0 radical (unpaired) electrons. The lowest BCUT2D eigenvalue weighted by molar-refractivity contribution is -0.0141. The van der Waals surface area contributed by atoms with Gasteiger partial charge in [0.25, 0.3) is 0 Å². The molecular formula is C7H16O6P+. The highest BCUT2D eigenvalue weighted by Gasteiger charge is 2.35. The lowest BCUT2D eigenvalue weighted by Crippen LogP contribution is -2.33. The third-order valence-corrected chi connectivity index (χ3v) is 1.72. The van der Waals surface area contributed by atoms with Gasteiger partial charge in [0.1, 0.15) is 18.3 Å². The van der Waals surface area contributed by atoms with Crippen molar-refractivity contribution >= 4 is 8.03 Å². The molecule has 4 atom stereocenters. The van der Waals surface area contributed by atoms with Gasteiger partial charge in [0.2, 0.25) is 0 Å². The van der Waals surface area contributed by atoms with Crippen LogP contribution in [0.1, 0.15) is 0 Å². The minimum Gasteiger partial charge on any atom is -0.394 e. The average molecular weight is 227 g/mol. The van der Waals surface area contributed by atoms with Gasteiger partial charge in [0.05, 0.1) is 13.2 Å². The fourth-order valence-electron chi connectivity index (χ4n) is 1.02. The van der Waals surface area contributed by atoms with Crippen molar-refractivity contribution in [3.8, 4) is 0 Å². The highest BCUT2D eigenvalue weighted by Crippen LogP contribution is 2.15. The van der Waals surface area contributed by atoms with Crippen molar-refractivity contribution in [2.24, 2.45) is 0 Å². The fourth-order valence-corrected chi connectivity index (χ4v) is 1.02. The van der Waals surface area contributed by atoms with E-state index in [1.807, 2.05) is 0 Å². The Labute approximate surface area is 83.3 Å². The summed E-state index contributed by atoms with van der Waals surface area (Å²) in [4.78, 5) is 7.56. The molecule has 7 heteroatoms. The molecule has 1 fully saturated rings. The maximum Gasteiger partial charge on any atom is 0.502 e. The summed E-state index contributed by atoms with van der Waals surface area (Å²) in [7, 11) is -0.359. The first kappa shape index (κ1) is 13.9. The Hall–Kier alpha value is -0.100. The summed E-state index contributed by atoms with van der Waals surface area (Å²) in [6.45, 7) is 1.44. The van der Waals surface area contributed by atoms with Gasteiger partial charge in [-0.1, -0.05) is 0 Å². The molecule has 0 aromatic rings. The standard InChI is InChI=1S/C6H12O4.CH3O2P/c1-9-5-3-10-4(2-7)6(5)8;1-4(2)3/h4-8H,2-3H2,1H3;1H3/p+1/t4-,5?,6+;/m1./s1. The topological polar surface area (TPSA) is 96.2 Å². The predicted octanol–water partition coefficient (Wildman–Crippen LogP) is -0.896. The molecule has 1 aliphatic heterocycles. The van der Waals surface area contributed by atoms with Crippen molar-refractivity contribution in [3.05, 3.63) is 0 Å². The van der Waals surface area contributed by atoms with Crippen molar-refractivity contribution in [1.29, 1.82) is 0 Å². The number of methoxy groups -OCH3 is 1. The maximum atomic E-state index is 9.24. The van der Waals surface area contributed by atoms with Crippen molar-refractivity contribution < 1.29 is 29.1 Å². The van der Waals surface area contributed by atoms with Crippen molar-refractivity contribution in [3.63, 3.8) is 0 Å². The molecule has 0 bridgehead atoms. The van der Waals surface area contributed by atoms with Crippen molar-refractivity contribution in [2.75, 3.05) is 27.0 Å². The number of ether oxygens (including phenoxy) is 2. The van der Waals surface area contributed by atoms with Crippen LogP contribution in [-0.2, 0) is 14.0 Å². The van der Waals surface area contributed by atoms with Crippen LogP contribution in [0.5, 0.6) is 0 Å². The lowest BCUT2D eigenvalue weighted by Gasteiger charge is -2.13. The summed E-state index contributed by atoms with van der Waals surface area (Å²) in [5.74, 6) is 0. The summed E-state index contributed by atoms with van der Waals surface area (Å²) in [5, 5.41) is 17.8. The van der Waals surface area contributed by atoms with Gasteiger partial charge in [0.15, 0.2) is 6.66 Å². The molecule has 14 heavy (non-hydrogen) atoms. The Bertz CT molecular complexity index is 160. The molecule has 0 aromatic heterocycles. The van der Waals surface area contributed by atoms with Crippen LogP contribution < -0.4 is 0 Å². The highest BCUT2D eigenvalue weighted by molar-refractivity contribution is 7.36. The van der Waals surface area contributed by atoms with E-state index >= 15 is 0 Å². The number of hydrogen-bond acceptors (Lipinski definition) is 5. The smallest absolute Gasteiger partial charge is 0.394 e. The van der Waals surface area contributed by atoms with Crippen LogP contribution in [0.2, 0.25) is 0 Å². The monoisotopic (exact) mass is 227 g/mol.